The van der Waals surface area contributed by atoms with Gasteiger partial charge >= 0.3 is 0 Å². The third-order valence-corrected chi connectivity index (χ3v) is 2.93. The Bertz CT molecular complexity index is 456. The second-order valence-electron chi connectivity index (χ2n) is 3.76. The van der Waals surface area contributed by atoms with Gasteiger partial charge in [-0.15, -0.1) is 0 Å². The number of carbonyl (C=O) groups excluding carboxylic acids is 1. The van der Waals surface area contributed by atoms with Crippen LogP contribution in [0.3, 0.4) is 0 Å². The Morgan fingerprint density at radius 1 is 1.25 bits per heavy atom. The molecule has 16 heavy (non-hydrogen) atoms. The predicted molar refractivity (Wildman–Crippen MR) is 53.8 cm³/mol. The van der Waals surface area contributed by atoms with Gasteiger partial charge in [-0.1, -0.05) is 13.8 Å². The number of nitrogens with one attached hydrogen (secondary N) is 1. The van der Waals surface area contributed by atoms with E-state index in [0.717, 1.165) is 0 Å². The summed E-state index contributed by atoms with van der Waals surface area (Å²) in [6.45, 7) is 3.49. The summed E-state index contributed by atoms with van der Waals surface area (Å²) in [5.41, 5.74) is -0.0539. The molecule has 0 spiro atoms. The molecule has 1 N–H and O–H groups in total. The summed E-state index contributed by atoms with van der Waals surface area (Å²) in [6, 6.07) is 5.42. The third-order valence-electron chi connectivity index (χ3n) is 2.93. The topological polar surface area (TPSA) is 100 Å². The van der Waals surface area contributed by atoms with Crippen molar-refractivity contribution in [1.29, 1.82) is 15.8 Å². The molecule has 3 unspecified atom stereocenters. The molecule has 1 amide bonds. The molecule has 1 saturated heterocycles. The second-order valence-corrected chi connectivity index (χ2v) is 3.76. The van der Waals surface area contributed by atoms with Gasteiger partial charge in [0, 0.05) is 5.92 Å². The van der Waals surface area contributed by atoms with Crippen molar-refractivity contribution in [2.45, 2.75) is 13.8 Å². The highest BCUT2D eigenvalue weighted by molar-refractivity contribution is 5.82. The first-order valence-electron chi connectivity index (χ1n) is 4.81. The summed E-state index contributed by atoms with van der Waals surface area (Å²) in [5, 5.41) is 29.0. The number of hydrogen-bond donors (Lipinski definition) is 1. The fourth-order valence-corrected chi connectivity index (χ4v) is 1.66. The third kappa shape index (κ3) is 1.74. The van der Waals surface area contributed by atoms with Crippen molar-refractivity contribution in [2.24, 2.45) is 17.8 Å². The van der Waals surface area contributed by atoms with Crippen LogP contribution in [0.2, 0.25) is 0 Å². The fraction of sp³-hybridized carbons (Fsp3) is 0.455. The van der Waals surface area contributed by atoms with Crippen molar-refractivity contribution in [1.82, 2.24) is 5.32 Å². The molecule has 0 aliphatic carbocycles. The van der Waals surface area contributed by atoms with Crippen molar-refractivity contribution in [3.63, 3.8) is 0 Å². The number of nitrogens with zero attached hydrogens (tertiary/aromatic N) is 3. The number of piperidine rings is 1. The summed E-state index contributed by atoms with van der Waals surface area (Å²) < 4.78 is 0. The first kappa shape index (κ1) is 11.8. The van der Waals surface area contributed by atoms with E-state index in [1.54, 1.807) is 26.0 Å². The van der Waals surface area contributed by atoms with Crippen LogP contribution in [0.4, 0.5) is 0 Å². The quantitative estimate of drug-likeness (QED) is 0.603. The average molecular weight is 214 g/mol. The molecule has 80 valence electrons. The molecule has 0 radical (unpaired) electrons. The van der Waals surface area contributed by atoms with Crippen LogP contribution in [0.5, 0.6) is 0 Å². The molecule has 0 bridgehead atoms. The number of allylic oxidation sites excluding steroid dienone is 2. The molecule has 1 aliphatic heterocycles. The van der Waals surface area contributed by atoms with E-state index in [4.69, 9.17) is 15.8 Å². The van der Waals surface area contributed by atoms with Crippen LogP contribution in [0.25, 0.3) is 0 Å². The maximum absolute atomic E-state index is 11.5. The van der Waals surface area contributed by atoms with Gasteiger partial charge in [0.05, 0.1) is 17.7 Å². The highest BCUT2D eigenvalue weighted by Gasteiger charge is 2.37. The maximum atomic E-state index is 11.5. The zero-order chi connectivity index (χ0) is 12.3. The van der Waals surface area contributed by atoms with Crippen molar-refractivity contribution >= 4 is 5.91 Å². The minimum Gasteiger partial charge on any atom is -0.326 e. The molecule has 1 heterocycles. The number of hydrogen-bond acceptors (Lipinski definition) is 4. The second kappa shape index (κ2) is 4.47. The van der Waals surface area contributed by atoms with E-state index < -0.39 is 5.92 Å². The van der Waals surface area contributed by atoms with Crippen LogP contribution in [-0.4, -0.2) is 5.91 Å². The minimum atomic E-state index is -0.609. The smallest absolute Gasteiger partial charge is 0.227 e. The number of amides is 1. The van der Waals surface area contributed by atoms with Crippen LogP contribution in [0.15, 0.2) is 11.3 Å². The molecular formula is C11H10N4O. The molecule has 1 fully saturated rings. The fourth-order valence-electron chi connectivity index (χ4n) is 1.66. The molecular weight excluding hydrogens is 204 g/mol. The number of carbonyl (C=O) groups is 1. The van der Waals surface area contributed by atoms with Gasteiger partial charge in [-0.05, 0) is 5.92 Å². The Hall–Kier alpha value is -2.32. The van der Waals surface area contributed by atoms with Gasteiger partial charge in [0.25, 0.3) is 0 Å². The average Bonchev–Trinajstić information content (AvgIpc) is 2.28. The molecule has 5 heteroatoms. The highest BCUT2D eigenvalue weighted by Crippen LogP contribution is 2.31. The molecule has 1 rings (SSSR count). The van der Waals surface area contributed by atoms with E-state index in [2.05, 4.69) is 5.32 Å². The SMILES string of the molecule is CC1C(=O)NC(=C(C#N)C#N)C(C#N)C1C. The molecule has 1 aliphatic rings. The van der Waals surface area contributed by atoms with Crippen molar-refractivity contribution < 1.29 is 4.79 Å². The van der Waals surface area contributed by atoms with Gasteiger partial charge in [0.15, 0.2) is 0 Å². The molecule has 3 atom stereocenters. The molecule has 0 aromatic rings. The maximum Gasteiger partial charge on any atom is 0.227 e. The first-order valence-corrected chi connectivity index (χ1v) is 4.81. The highest BCUT2D eigenvalue weighted by atomic mass is 16.2. The lowest BCUT2D eigenvalue weighted by Crippen LogP contribution is -2.44. The van der Waals surface area contributed by atoms with E-state index in [9.17, 15) is 4.79 Å². The van der Waals surface area contributed by atoms with E-state index in [1.165, 1.54) is 0 Å². The summed E-state index contributed by atoms with van der Waals surface area (Å²) in [6.07, 6.45) is 0. The van der Waals surface area contributed by atoms with Gasteiger partial charge in [0.2, 0.25) is 5.91 Å². The van der Waals surface area contributed by atoms with Crippen LogP contribution >= 0.6 is 0 Å². The van der Waals surface area contributed by atoms with Crippen LogP contribution in [0.1, 0.15) is 13.8 Å². The zero-order valence-corrected chi connectivity index (χ0v) is 8.98. The van der Waals surface area contributed by atoms with Crippen LogP contribution < -0.4 is 5.32 Å². The molecule has 0 saturated carbocycles. The van der Waals surface area contributed by atoms with Gasteiger partial charge in [-0.3, -0.25) is 4.79 Å². The lowest BCUT2D eigenvalue weighted by atomic mass is 9.78. The Kier molecular flexibility index (Phi) is 3.28. The van der Waals surface area contributed by atoms with E-state index in [1.807, 2.05) is 6.07 Å². The summed E-state index contributed by atoms with van der Waals surface area (Å²) in [4.78, 5) is 11.5. The van der Waals surface area contributed by atoms with Gasteiger partial charge in [-0.2, -0.15) is 15.8 Å². The standard InChI is InChI=1S/C11H10N4O/c1-6-7(2)11(16)15-10(9(6)5-14)8(3-12)4-13/h6-7,9H,1-2H3,(H,15,16). The molecule has 5 nitrogen and oxygen atoms in total. The summed E-state index contributed by atoms with van der Waals surface area (Å²) in [5.74, 6) is -1.36. The Morgan fingerprint density at radius 2 is 1.81 bits per heavy atom. The number of nitriles is 3. The summed E-state index contributed by atoms with van der Waals surface area (Å²) >= 11 is 0. The normalized spacial score (nSPS) is 28.3. The van der Waals surface area contributed by atoms with Crippen molar-refractivity contribution in [3.05, 3.63) is 11.3 Å². The van der Waals surface area contributed by atoms with Gasteiger partial charge < -0.3 is 5.32 Å². The van der Waals surface area contributed by atoms with Crippen LogP contribution in [-0.2, 0) is 4.79 Å². The van der Waals surface area contributed by atoms with Crippen LogP contribution in [0, 0.1) is 51.7 Å². The van der Waals surface area contributed by atoms with E-state index in [-0.39, 0.29) is 29.0 Å². The molecule has 0 aromatic heterocycles. The number of rotatable bonds is 0. The van der Waals surface area contributed by atoms with Crippen molar-refractivity contribution in [2.75, 3.05) is 0 Å². The minimum absolute atomic E-state index is 0.142. The zero-order valence-electron chi connectivity index (χ0n) is 8.98. The van der Waals surface area contributed by atoms with E-state index in [0.29, 0.717) is 0 Å². The van der Waals surface area contributed by atoms with E-state index >= 15 is 0 Å². The Balaban J connectivity index is 3.28. The Morgan fingerprint density at radius 3 is 2.25 bits per heavy atom. The van der Waals surface area contributed by atoms with Crippen molar-refractivity contribution in [3.8, 4) is 18.2 Å². The first-order chi connectivity index (χ1) is 7.56. The monoisotopic (exact) mass is 214 g/mol. The van der Waals surface area contributed by atoms with Gasteiger partial charge in [0.1, 0.15) is 17.7 Å². The lowest BCUT2D eigenvalue weighted by molar-refractivity contribution is -0.127. The lowest BCUT2D eigenvalue weighted by Gasteiger charge is -2.31. The Labute approximate surface area is 93.6 Å². The largest absolute Gasteiger partial charge is 0.326 e. The predicted octanol–water partition coefficient (Wildman–Crippen LogP) is 0.829. The summed E-state index contributed by atoms with van der Waals surface area (Å²) in [7, 11) is 0. The van der Waals surface area contributed by atoms with Gasteiger partial charge in [-0.25, -0.2) is 0 Å². The molecule has 0 aromatic carbocycles.